The van der Waals surface area contributed by atoms with Crippen LogP contribution in [0.1, 0.15) is 16.8 Å². The van der Waals surface area contributed by atoms with Crippen LogP contribution in [0.5, 0.6) is 0 Å². The van der Waals surface area contributed by atoms with E-state index >= 15 is 0 Å². The molecule has 1 N–H and O–H groups in total. The van der Waals surface area contributed by atoms with E-state index in [0.29, 0.717) is 12.4 Å². The maximum Gasteiger partial charge on any atom is 0.252 e. The molecule has 0 aliphatic carbocycles. The normalized spacial score (nSPS) is 10.0. The van der Waals surface area contributed by atoms with Crippen molar-refractivity contribution in [3.63, 3.8) is 0 Å². The van der Waals surface area contributed by atoms with Crippen molar-refractivity contribution in [3.8, 4) is 0 Å². The van der Waals surface area contributed by atoms with Crippen LogP contribution in [0.25, 0.3) is 0 Å². The summed E-state index contributed by atoms with van der Waals surface area (Å²) in [7, 11) is 0. The molecule has 0 unspecified atom stereocenters. The van der Waals surface area contributed by atoms with E-state index in [0.717, 1.165) is 14.9 Å². The molecule has 0 atom stereocenters. The Morgan fingerprint density at radius 1 is 1.69 bits per heavy atom. The average Bonchev–Trinajstić information content (AvgIpc) is 2.52. The first kappa shape index (κ1) is 11.3. The third-order valence-corrected chi connectivity index (χ3v) is 3.48. The lowest BCUT2D eigenvalue weighted by Gasteiger charge is -2.00. The molecule has 0 fully saturated rings. The highest BCUT2D eigenvalue weighted by Crippen LogP contribution is 2.16. The molecule has 72 valence electrons. The second-order valence-corrected chi connectivity index (χ2v) is 5.62. The topological polar surface area (TPSA) is 29.1 Å². The van der Waals surface area contributed by atoms with Crippen molar-refractivity contribution in [3.05, 3.63) is 19.9 Å². The molecule has 0 saturated heterocycles. The standard InChI is InChI=1S/C8H9ClINOS/c9-2-1-3-11-8(12)6-4-7(10)13-5-6/h4-5H,1-3H2,(H,11,12). The molecule has 0 bridgehead atoms. The van der Waals surface area contributed by atoms with E-state index in [-0.39, 0.29) is 5.91 Å². The van der Waals surface area contributed by atoms with Crippen LogP contribution in [0.2, 0.25) is 0 Å². The summed E-state index contributed by atoms with van der Waals surface area (Å²) in [5.41, 5.74) is 0.740. The molecular weight excluding hydrogens is 321 g/mol. The minimum Gasteiger partial charge on any atom is -0.352 e. The Bertz CT molecular complexity index is 289. The Morgan fingerprint density at radius 2 is 2.46 bits per heavy atom. The number of carbonyl (C=O) groups excluding carboxylic acids is 1. The van der Waals surface area contributed by atoms with Crippen molar-refractivity contribution < 1.29 is 4.79 Å². The molecule has 13 heavy (non-hydrogen) atoms. The summed E-state index contributed by atoms with van der Waals surface area (Å²) in [6.45, 7) is 0.648. The number of halogens is 2. The van der Waals surface area contributed by atoms with Gasteiger partial charge in [-0.3, -0.25) is 4.79 Å². The van der Waals surface area contributed by atoms with E-state index in [2.05, 4.69) is 27.9 Å². The highest BCUT2D eigenvalue weighted by molar-refractivity contribution is 14.1. The molecule has 0 radical (unpaired) electrons. The highest BCUT2D eigenvalue weighted by Gasteiger charge is 2.05. The van der Waals surface area contributed by atoms with Crippen LogP contribution in [0.4, 0.5) is 0 Å². The maximum atomic E-state index is 11.4. The van der Waals surface area contributed by atoms with E-state index in [4.69, 9.17) is 11.6 Å². The summed E-state index contributed by atoms with van der Waals surface area (Å²) in [5, 5.41) is 4.65. The summed E-state index contributed by atoms with van der Waals surface area (Å²) < 4.78 is 1.13. The summed E-state index contributed by atoms with van der Waals surface area (Å²) in [6, 6.07) is 1.88. The van der Waals surface area contributed by atoms with E-state index in [1.165, 1.54) is 0 Å². The Labute approximate surface area is 99.8 Å². The second-order valence-electron chi connectivity index (χ2n) is 2.44. The first-order valence-corrected chi connectivity index (χ1v) is 6.31. The molecule has 0 aliphatic rings. The Balaban J connectivity index is 2.40. The largest absolute Gasteiger partial charge is 0.352 e. The molecule has 5 heteroatoms. The molecule has 0 aliphatic heterocycles. The van der Waals surface area contributed by atoms with E-state index in [9.17, 15) is 4.79 Å². The van der Waals surface area contributed by atoms with Gasteiger partial charge in [0.1, 0.15) is 0 Å². The van der Waals surface area contributed by atoms with Gasteiger partial charge in [0.2, 0.25) is 0 Å². The van der Waals surface area contributed by atoms with Crippen molar-refractivity contribution in [2.24, 2.45) is 0 Å². The van der Waals surface area contributed by atoms with Gasteiger partial charge in [-0.25, -0.2) is 0 Å². The van der Waals surface area contributed by atoms with Crippen molar-refractivity contribution in [2.45, 2.75) is 6.42 Å². The van der Waals surface area contributed by atoms with Crippen LogP contribution in [0.3, 0.4) is 0 Å². The van der Waals surface area contributed by atoms with Gasteiger partial charge in [0.05, 0.1) is 8.45 Å². The van der Waals surface area contributed by atoms with E-state index in [1.807, 2.05) is 11.4 Å². The molecule has 0 saturated carbocycles. The van der Waals surface area contributed by atoms with Crippen LogP contribution in [-0.4, -0.2) is 18.3 Å². The number of nitrogens with one attached hydrogen (secondary N) is 1. The lowest BCUT2D eigenvalue weighted by Crippen LogP contribution is -2.24. The summed E-state index contributed by atoms with van der Waals surface area (Å²) in [4.78, 5) is 11.4. The number of thiophene rings is 1. The minimum atomic E-state index is -0.00992. The SMILES string of the molecule is O=C(NCCCCl)c1csc(I)c1. The first-order valence-electron chi connectivity index (χ1n) is 3.82. The van der Waals surface area contributed by atoms with Crippen LogP contribution in [0.15, 0.2) is 11.4 Å². The fraction of sp³-hybridized carbons (Fsp3) is 0.375. The van der Waals surface area contributed by atoms with Crippen LogP contribution < -0.4 is 5.32 Å². The van der Waals surface area contributed by atoms with Crippen molar-refractivity contribution in [1.29, 1.82) is 0 Å². The lowest BCUT2D eigenvalue weighted by atomic mass is 10.3. The lowest BCUT2D eigenvalue weighted by molar-refractivity contribution is 0.0954. The van der Waals surface area contributed by atoms with Gasteiger partial charge in [0.25, 0.3) is 5.91 Å². The van der Waals surface area contributed by atoms with Gasteiger partial charge in [0, 0.05) is 17.8 Å². The summed E-state index contributed by atoms with van der Waals surface area (Å²) >= 11 is 9.25. The second kappa shape index (κ2) is 5.82. The van der Waals surface area contributed by atoms with Gasteiger partial charge >= 0.3 is 0 Å². The van der Waals surface area contributed by atoms with Crippen molar-refractivity contribution >= 4 is 51.4 Å². The van der Waals surface area contributed by atoms with Crippen molar-refractivity contribution in [2.75, 3.05) is 12.4 Å². The Hall–Kier alpha value is 0.190. The maximum absolute atomic E-state index is 11.4. The Morgan fingerprint density at radius 3 is 3.00 bits per heavy atom. The molecule has 1 rings (SSSR count). The molecule has 1 heterocycles. The first-order chi connectivity index (χ1) is 6.24. The van der Waals surface area contributed by atoms with Crippen LogP contribution in [-0.2, 0) is 0 Å². The summed E-state index contributed by atoms with van der Waals surface area (Å²) in [6.07, 6.45) is 0.814. The third-order valence-electron chi connectivity index (χ3n) is 1.43. The van der Waals surface area contributed by atoms with Crippen LogP contribution in [0, 0.1) is 2.88 Å². The zero-order chi connectivity index (χ0) is 9.68. The monoisotopic (exact) mass is 329 g/mol. The van der Waals surface area contributed by atoms with Gasteiger partial charge < -0.3 is 5.32 Å². The number of amides is 1. The predicted molar refractivity (Wildman–Crippen MR) is 64.7 cm³/mol. The number of alkyl halides is 1. The molecule has 1 amide bonds. The smallest absolute Gasteiger partial charge is 0.252 e. The van der Waals surface area contributed by atoms with Gasteiger partial charge in [-0.2, -0.15) is 0 Å². The minimum absolute atomic E-state index is 0.00992. The van der Waals surface area contributed by atoms with Crippen molar-refractivity contribution in [1.82, 2.24) is 5.32 Å². The quantitative estimate of drug-likeness (QED) is 0.514. The van der Waals surface area contributed by atoms with Gasteiger partial charge in [-0.05, 0) is 35.1 Å². The third kappa shape index (κ3) is 3.83. The molecule has 0 aromatic carbocycles. The zero-order valence-corrected chi connectivity index (χ0v) is 10.6. The van der Waals surface area contributed by atoms with Gasteiger partial charge in [0.15, 0.2) is 0 Å². The Kier molecular flexibility index (Phi) is 5.05. The molecule has 1 aromatic heterocycles. The fourth-order valence-electron chi connectivity index (χ4n) is 0.800. The number of hydrogen-bond acceptors (Lipinski definition) is 2. The molecule has 2 nitrogen and oxygen atoms in total. The highest BCUT2D eigenvalue weighted by atomic mass is 127. The fourth-order valence-corrected chi connectivity index (χ4v) is 2.26. The molecule has 0 spiro atoms. The number of hydrogen-bond donors (Lipinski definition) is 1. The molecule has 1 aromatic rings. The van der Waals surface area contributed by atoms with E-state index in [1.54, 1.807) is 11.3 Å². The van der Waals surface area contributed by atoms with Crippen LogP contribution >= 0.6 is 45.5 Å². The molecular formula is C8H9ClINOS. The average molecular weight is 330 g/mol. The predicted octanol–water partition coefficient (Wildman–Crippen LogP) is 2.71. The van der Waals surface area contributed by atoms with E-state index < -0.39 is 0 Å². The zero-order valence-electron chi connectivity index (χ0n) is 6.85. The summed E-state index contributed by atoms with van der Waals surface area (Å²) in [5.74, 6) is 0.575. The number of carbonyl (C=O) groups is 1. The number of rotatable bonds is 4. The van der Waals surface area contributed by atoms with Gasteiger partial charge in [-0.15, -0.1) is 22.9 Å². The van der Waals surface area contributed by atoms with Gasteiger partial charge in [-0.1, -0.05) is 0 Å².